The van der Waals surface area contributed by atoms with Crippen molar-refractivity contribution in [2.45, 2.75) is 51.1 Å². The maximum absolute atomic E-state index is 4.83. The highest BCUT2D eigenvalue weighted by atomic mass is 32.1. The van der Waals surface area contributed by atoms with Crippen molar-refractivity contribution in [2.24, 2.45) is 0 Å². The molecule has 0 bridgehead atoms. The second kappa shape index (κ2) is 8.68. The van der Waals surface area contributed by atoms with Crippen LogP contribution in [0.2, 0.25) is 0 Å². The average molecular weight is 444 g/mol. The predicted octanol–water partition coefficient (Wildman–Crippen LogP) is 5.82. The van der Waals surface area contributed by atoms with Crippen LogP contribution in [0, 0.1) is 0 Å². The summed E-state index contributed by atoms with van der Waals surface area (Å²) < 4.78 is 3.50. The van der Waals surface area contributed by atoms with Crippen LogP contribution in [0.4, 0.5) is 5.13 Å². The summed E-state index contributed by atoms with van der Waals surface area (Å²) in [6, 6.07) is 13.9. The first-order chi connectivity index (χ1) is 15.8. The molecule has 2 aromatic carbocycles. The van der Waals surface area contributed by atoms with Crippen LogP contribution in [0.15, 0.2) is 48.8 Å². The Balaban J connectivity index is 1.22. The summed E-state index contributed by atoms with van der Waals surface area (Å²) in [6.45, 7) is 2.83. The van der Waals surface area contributed by atoms with Crippen LogP contribution < -0.4 is 10.6 Å². The number of nitrogens with zero attached hydrogens (tertiary/aromatic N) is 3. The Morgan fingerprint density at radius 1 is 1.06 bits per heavy atom. The van der Waals surface area contributed by atoms with Gasteiger partial charge in [-0.1, -0.05) is 48.8 Å². The minimum absolute atomic E-state index is 0.589. The lowest BCUT2D eigenvalue weighted by atomic mass is 9.96. The molecule has 2 N–H and O–H groups in total. The third kappa shape index (κ3) is 4.05. The van der Waals surface area contributed by atoms with Gasteiger partial charge in [0.15, 0.2) is 5.13 Å². The molecule has 32 heavy (non-hydrogen) atoms. The van der Waals surface area contributed by atoms with Crippen LogP contribution >= 0.6 is 11.3 Å². The minimum Gasteiger partial charge on any atom is -0.359 e. The molecule has 0 spiro atoms. The molecule has 1 aliphatic heterocycles. The first-order valence-electron chi connectivity index (χ1n) is 11.8. The number of aromatic nitrogens is 3. The fourth-order valence-corrected chi connectivity index (χ4v) is 6.03. The number of nitrogens with one attached hydrogen (secondary N) is 2. The summed E-state index contributed by atoms with van der Waals surface area (Å²) in [7, 11) is 0. The maximum atomic E-state index is 4.83. The van der Waals surface area contributed by atoms with Crippen molar-refractivity contribution >= 4 is 43.3 Å². The van der Waals surface area contributed by atoms with Gasteiger partial charge < -0.3 is 15.2 Å². The van der Waals surface area contributed by atoms with Gasteiger partial charge in [0.05, 0.1) is 27.6 Å². The molecule has 0 saturated heterocycles. The van der Waals surface area contributed by atoms with Gasteiger partial charge in [-0.25, -0.2) is 9.97 Å². The van der Waals surface area contributed by atoms with Crippen LogP contribution in [0.25, 0.3) is 26.8 Å². The smallest absolute Gasteiger partial charge is 0.184 e. The zero-order valence-corrected chi connectivity index (χ0v) is 19.1. The lowest BCUT2D eigenvalue weighted by Crippen LogP contribution is -2.21. The molecule has 0 amide bonds. The monoisotopic (exact) mass is 443 g/mol. The number of imidazole rings is 1. The number of hydrogen-bond donors (Lipinski definition) is 2. The Kier molecular flexibility index (Phi) is 5.41. The molecule has 164 valence electrons. The van der Waals surface area contributed by atoms with E-state index in [-0.39, 0.29) is 0 Å². The SMILES string of the molecule is C1=C(c2ccc3c(c2)ncn3Cc2ccc3nc(NC4CCCCC4)sc3c2)CCNC1. The van der Waals surface area contributed by atoms with Crippen molar-refractivity contribution < 1.29 is 0 Å². The third-order valence-electron chi connectivity index (χ3n) is 6.79. The van der Waals surface area contributed by atoms with Gasteiger partial charge in [0.2, 0.25) is 0 Å². The van der Waals surface area contributed by atoms with E-state index in [2.05, 4.69) is 57.7 Å². The first kappa shape index (κ1) is 19.9. The largest absolute Gasteiger partial charge is 0.359 e. The van der Waals surface area contributed by atoms with E-state index in [4.69, 9.17) is 9.97 Å². The van der Waals surface area contributed by atoms with Crippen molar-refractivity contribution in [3.8, 4) is 0 Å². The summed E-state index contributed by atoms with van der Waals surface area (Å²) >= 11 is 1.78. The van der Waals surface area contributed by atoms with Crippen LogP contribution in [-0.2, 0) is 6.54 Å². The molecule has 2 aliphatic rings. The minimum atomic E-state index is 0.589. The second-order valence-corrected chi connectivity index (χ2v) is 10.1. The molecule has 1 saturated carbocycles. The highest BCUT2D eigenvalue weighted by Gasteiger charge is 2.15. The van der Waals surface area contributed by atoms with Gasteiger partial charge in [-0.05, 0) is 66.8 Å². The molecule has 3 heterocycles. The number of fused-ring (bicyclic) bond motifs is 2. The Bertz CT molecular complexity index is 1280. The van der Waals surface area contributed by atoms with E-state index in [1.54, 1.807) is 11.3 Å². The van der Waals surface area contributed by atoms with Crippen molar-refractivity contribution in [3.05, 3.63) is 59.9 Å². The molecule has 4 aromatic rings. The van der Waals surface area contributed by atoms with Gasteiger partial charge >= 0.3 is 0 Å². The molecule has 1 fully saturated rings. The Hall–Kier alpha value is -2.70. The van der Waals surface area contributed by atoms with Crippen LogP contribution in [0.3, 0.4) is 0 Å². The van der Waals surface area contributed by atoms with E-state index in [1.807, 2.05) is 6.33 Å². The fourth-order valence-electron chi connectivity index (χ4n) is 5.02. The molecular formula is C26H29N5S. The van der Waals surface area contributed by atoms with E-state index in [0.29, 0.717) is 6.04 Å². The van der Waals surface area contributed by atoms with Crippen molar-refractivity contribution in [3.63, 3.8) is 0 Å². The molecule has 6 heteroatoms. The molecule has 0 radical (unpaired) electrons. The van der Waals surface area contributed by atoms with Gasteiger partial charge in [0, 0.05) is 19.1 Å². The fraction of sp³-hybridized carbons (Fsp3) is 0.385. The summed E-state index contributed by atoms with van der Waals surface area (Å²) in [5.74, 6) is 0. The number of hydrogen-bond acceptors (Lipinski definition) is 5. The van der Waals surface area contributed by atoms with Crippen molar-refractivity contribution in [1.29, 1.82) is 0 Å². The quantitative estimate of drug-likeness (QED) is 0.408. The standard InChI is InChI=1S/C26H29N5S/c1-2-4-21(5-3-1)29-26-30-22-8-6-18(14-25(22)32-26)16-31-17-28-23-15-20(7-9-24(23)31)19-10-12-27-13-11-19/h6-10,14-15,17,21,27H,1-5,11-13,16H2,(H,29,30). The van der Waals surface area contributed by atoms with E-state index < -0.39 is 0 Å². The van der Waals surface area contributed by atoms with Crippen molar-refractivity contribution in [2.75, 3.05) is 18.4 Å². The number of rotatable bonds is 5. The topological polar surface area (TPSA) is 54.8 Å². The summed E-state index contributed by atoms with van der Waals surface area (Å²) in [6.07, 6.45) is 11.9. The van der Waals surface area contributed by atoms with Gasteiger partial charge in [0.25, 0.3) is 0 Å². The number of anilines is 1. The number of benzene rings is 2. The number of thiazole rings is 1. The molecule has 2 aromatic heterocycles. The summed E-state index contributed by atoms with van der Waals surface area (Å²) in [4.78, 5) is 9.53. The van der Waals surface area contributed by atoms with Gasteiger partial charge in [0.1, 0.15) is 0 Å². The Morgan fingerprint density at radius 3 is 2.88 bits per heavy atom. The second-order valence-electron chi connectivity index (χ2n) is 9.06. The zero-order valence-electron chi connectivity index (χ0n) is 18.3. The zero-order chi connectivity index (χ0) is 21.3. The molecular weight excluding hydrogens is 414 g/mol. The van der Waals surface area contributed by atoms with Crippen LogP contribution in [0.5, 0.6) is 0 Å². The highest BCUT2D eigenvalue weighted by Crippen LogP contribution is 2.30. The van der Waals surface area contributed by atoms with Gasteiger partial charge in [-0.15, -0.1) is 0 Å². The van der Waals surface area contributed by atoms with E-state index in [0.717, 1.165) is 42.2 Å². The molecule has 1 aliphatic carbocycles. The summed E-state index contributed by atoms with van der Waals surface area (Å²) in [5, 5.41) is 8.13. The molecule has 0 unspecified atom stereocenters. The summed E-state index contributed by atoms with van der Waals surface area (Å²) in [5.41, 5.74) is 7.36. The van der Waals surface area contributed by atoms with Crippen molar-refractivity contribution in [1.82, 2.24) is 19.9 Å². The van der Waals surface area contributed by atoms with Gasteiger partial charge in [-0.3, -0.25) is 0 Å². The Morgan fingerprint density at radius 2 is 2.00 bits per heavy atom. The van der Waals surface area contributed by atoms with Crippen LogP contribution in [-0.4, -0.2) is 33.7 Å². The maximum Gasteiger partial charge on any atom is 0.184 e. The lowest BCUT2D eigenvalue weighted by Gasteiger charge is -2.22. The lowest BCUT2D eigenvalue weighted by molar-refractivity contribution is 0.462. The molecule has 5 nitrogen and oxygen atoms in total. The normalized spacial score (nSPS) is 17.7. The van der Waals surface area contributed by atoms with E-state index >= 15 is 0 Å². The van der Waals surface area contributed by atoms with E-state index in [1.165, 1.54) is 59.0 Å². The van der Waals surface area contributed by atoms with E-state index in [9.17, 15) is 0 Å². The predicted molar refractivity (Wildman–Crippen MR) is 134 cm³/mol. The highest BCUT2D eigenvalue weighted by molar-refractivity contribution is 7.22. The Labute approximate surface area is 192 Å². The first-order valence-corrected chi connectivity index (χ1v) is 12.6. The third-order valence-corrected chi connectivity index (χ3v) is 7.74. The molecule has 6 rings (SSSR count). The molecule has 0 atom stereocenters. The van der Waals surface area contributed by atoms with Gasteiger partial charge in [-0.2, -0.15) is 0 Å². The van der Waals surface area contributed by atoms with Crippen LogP contribution in [0.1, 0.15) is 49.7 Å². The average Bonchev–Trinajstić information content (AvgIpc) is 3.43.